The highest BCUT2D eigenvalue weighted by Crippen LogP contribution is 2.40. The van der Waals surface area contributed by atoms with E-state index >= 15 is 0 Å². The molecule has 2 heteroatoms. The Labute approximate surface area is 123 Å². The van der Waals surface area contributed by atoms with Crippen molar-refractivity contribution in [3.63, 3.8) is 0 Å². The number of phenols is 2. The average Bonchev–Trinajstić information content (AvgIpc) is 2.42. The summed E-state index contributed by atoms with van der Waals surface area (Å²) < 4.78 is 0. The molecule has 0 unspecified atom stereocenters. The number of phenolic OH excluding ortho intramolecular Hbond substituents is 2. The zero-order chi connectivity index (χ0) is 15.1. The molecule has 20 heavy (non-hydrogen) atoms. The van der Waals surface area contributed by atoms with E-state index in [0.29, 0.717) is 11.8 Å². The van der Waals surface area contributed by atoms with Gasteiger partial charge in [0.05, 0.1) is 0 Å². The van der Waals surface area contributed by atoms with Crippen molar-refractivity contribution in [2.75, 3.05) is 0 Å². The van der Waals surface area contributed by atoms with E-state index < -0.39 is 0 Å². The Morgan fingerprint density at radius 3 is 2.35 bits per heavy atom. The summed E-state index contributed by atoms with van der Waals surface area (Å²) in [7, 11) is 0. The van der Waals surface area contributed by atoms with Crippen molar-refractivity contribution in [3.8, 4) is 11.5 Å². The normalized spacial score (nSPS) is 20.8. The van der Waals surface area contributed by atoms with E-state index in [4.69, 9.17) is 0 Å². The first kappa shape index (κ1) is 16.9. The lowest BCUT2D eigenvalue weighted by Gasteiger charge is -2.31. The minimum Gasteiger partial charge on any atom is -0.504 e. The number of benzene rings is 1. The summed E-state index contributed by atoms with van der Waals surface area (Å²) in [6.07, 6.45) is 6.90. The molecule has 0 amide bonds. The molecule has 1 aromatic carbocycles. The number of hydrogen-bond acceptors (Lipinski definition) is 2. The summed E-state index contributed by atoms with van der Waals surface area (Å²) in [4.78, 5) is 0. The second kappa shape index (κ2) is 8.18. The van der Waals surface area contributed by atoms with Crippen LogP contribution >= 0.6 is 0 Å². The fraction of sp³-hybridized carbons (Fsp3) is 0.667. The second-order valence-electron chi connectivity index (χ2n) is 6.07. The van der Waals surface area contributed by atoms with E-state index in [1.807, 2.05) is 6.07 Å². The summed E-state index contributed by atoms with van der Waals surface area (Å²) in [6, 6.07) is 3.56. The molecule has 2 N–H and O–H groups in total. The molecule has 114 valence electrons. The minimum absolute atomic E-state index is 0.0209. The number of rotatable bonds is 3. The molecule has 0 aromatic heterocycles. The zero-order valence-corrected chi connectivity index (χ0v) is 13.4. The molecule has 0 radical (unpaired) electrons. The van der Waals surface area contributed by atoms with Crippen molar-refractivity contribution in [1.29, 1.82) is 0 Å². The molecule has 1 aliphatic carbocycles. The Bertz CT molecular complexity index is 412. The molecule has 2 atom stereocenters. The summed E-state index contributed by atoms with van der Waals surface area (Å²) in [5.74, 6) is 1.46. The van der Waals surface area contributed by atoms with Gasteiger partial charge in [-0.2, -0.15) is 0 Å². The molecule has 1 aromatic rings. The van der Waals surface area contributed by atoms with Crippen LogP contribution in [0.3, 0.4) is 0 Å². The third-order valence-electron chi connectivity index (χ3n) is 4.10. The van der Waals surface area contributed by atoms with Gasteiger partial charge >= 0.3 is 0 Å². The maximum absolute atomic E-state index is 9.92. The van der Waals surface area contributed by atoms with Crippen molar-refractivity contribution >= 4 is 0 Å². The largest absolute Gasteiger partial charge is 0.504 e. The van der Waals surface area contributed by atoms with Crippen molar-refractivity contribution < 1.29 is 10.2 Å². The topological polar surface area (TPSA) is 40.5 Å². The number of aromatic hydroxyl groups is 2. The van der Waals surface area contributed by atoms with Gasteiger partial charge in [-0.15, -0.1) is 0 Å². The molecule has 0 saturated carbocycles. The van der Waals surface area contributed by atoms with E-state index in [0.717, 1.165) is 18.4 Å². The molecule has 0 heterocycles. The van der Waals surface area contributed by atoms with E-state index in [1.165, 1.54) is 31.2 Å². The standard InChI is InChI=1S/C15H22O2.C3H8/c1-3-4-5-11-9-13-12(8-10(11)2)6-7-14(16)15(13)17;1-3-2/h6-7,10-11,16-17H,3-5,8-9H2,1-2H3;3H2,1-2H3/t10-,11-;/m1./s1. The molecular weight excluding hydrogens is 248 g/mol. The zero-order valence-electron chi connectivity index (χ0n) is 13.4. The Balaban J connectivity index is 0.000000612. The fourth-order valence-corrected chi connectivity index (χ4v) is 2.91. The van der Waals surface area contributed by atoms with Gasteiger partial charge in [0.1, 0.15) is 0 Å². The Morgan fingerprint density at radius 1 is 1.10 bits per heavy atom. The monoisotopic (exact) mass is 278 g/mol. The van der Waals surface area contributed by atoms with Gasteiger partial charge in [-0.1, -0.05) is 53.0 Å². The Kier molecular flexibility index (Phi) is 6.90. The summed E-state index contributed by atoms with van der Waals surface area (Å²) in [6.45, 7) is 8.76. The lowest BCUT2D eigenvalue weighted by atomic mass is 9.74. The average molecular weight is 278 g/mol. The van der Waals surface area contributed by atoms with Gasteiger partial charge in [-0.05, 0) is 42.7 Å². The SMILES string of the molecule is CCC.CCCC[C@@H]1Cc2c(ccc(O)c2O)C[C@H]1C. The van der Waals surface area contributed by atoms with Crippen molar-refractivity contribution in [1.82, 2.24) is 0 Å². The van der Waals surface area contributed by atoms with E-state index in [2.05, 4.69) is 27.7 Å². The first-order valence-corrected chi connectivity index (χ1v) is 8.07. The molecule has 0 fully saturated rings. The van der Waals surface area contributed by atoms with Crippen molar-refractivity contribution in [3.05, 3.63) is 23.3 Å². The van der Waals surface area contributed by atoms with Crippen LogP contribution in [0.5, 0.6) is 11.5 Å². The highest BCUT2D eigenvalue weighted by molar-refractivity contribution is 5.50. The molecular formula is C18H30O2. The predicted molar refractivity (Wildman–Crippen MR) is 85.3 cm³/mol. The molecule has 1 aliphatic rings. The van der Waals surface area contributed by atoms with Crippen LogP contribution in [0.4, 0.5) is 0 Å². The van der Waals surface area contributed by atoms with Crippen LogP contribution in [0.1, 0.15) is 64.5 Å². The molecule has 2 nitrogen and oxygen atoms in total. The highest BCUT2D eigenvalue weighted by atomic mass is 16.3. The van der Waals surface area contributed by atoms with Gasteiger partial charge in [-0.25, -0.2) is 0 Å². The van der Waals surface area contributed by atoms with E-state index in [1.54, 1.807) is 6.07 Å². The van der Waals surface area contributed by atoms with Crippen LogP contribution < -0.4 is 0 Å². The first-order chi connectivity index (χ1) is 9.54. The highest BCUT2D eigenvalue weighted by Gasteiger charge is 2.27. The van der Waals surface area contributed by atoms with Crippen LogP contribution in [-0.2, 0) is 12.8 Å². The van der Waals surface area contributed by atoms with Gasteiger partial charge in [0.25, 0.3) is 0 Å². The predicted octanol–water partition coefficient (Wildman–Crippen LogP) is 5.06. The van der Waals surface area contributed by atoms with Gasteiger partial charge < -0.3 is 10.2 Å². The molecule has 2 rings (SSSR count). The lowest BCUT2D eigenvalue weighted by molar-refractivity contribution is 0.297. The van der Waals surface area contributed by atoms with Crippen LogP contribution in [0.2, 0.25) is 0 Å². The fourth-order valence-electron chi connectivity index (χ4n) is 2.91. The number of hydrogen-bond donors (Lipinski definition) is 2. The molecule has 0 bridgehead atoms. The number of unbranched alkanes of at least 4 members (excludes halogenated alkanes) is 1. The third kappa shape index (κ3) is 4.16. The lowest BCUT2D eigenvalue weighted by Crippen LogP contribution is -2.23. The Hall–Kier alpha value is -1.18. The van der Waals surface area contributed by atoms with E-state index in [-0.39, 0.29) is 11.5 Å². The van der Waals surface area contributed by atoms with Gasteiger partial charge in [0.2, 0.25) is 0 Å². The van der Waals surface area contributed by atoms with Gasteiger partial charge in [0, 0.05) is 5.56 Å². The van der Waals surface area contributed by atoms with Crippen molar-refractivity contribution in [2.45, 2.75) is 66.2 Å². The minimum atomic E-state index is 0.0209. The smallest absolute Gasteiger partial charge is 0.160 e. The number of fused-ring (bicyclic) bond motifs is 1. The summed E-state index contributed by atoms with van der Waals surface area (Å²) >= 11 is 0. The van der Waals surface area contributed by atoms with Gasteiger partial charge in [0.15, 0.2) is 11.5 Å². The van der Waals surface area contributed by atoms with Crippen molar-refractivity contribution in [2.24, 2.45) is 11.8 Å². The summed E-state index contributed by atoms with van der Waals surface area (Å²) in [5.41, 5.74) is 2.18. The first-order valence-electron chi connectivity index (χ1n) is 8.07. The summed E-state index contributed by atoms with van der Waals surface area (Å²) in [5, 5.41) is 19.5. The van der Waals surface area contributed by atoms with E-state index in [9.17, 15) is 10.2 Å². The molecule has 0 saturated heterocycles. The van der Waals surface area contributed by atoms with Crippen LogP contribution in [0, 0.1) is 11.8 Å². The van der Waals surface area contributed by atoms with Gasteiger partial charge in [-0.3, -0.25) is 0 Å². The van der Waals surface area contributed by atoms with Crippen LogP contribution in [0.15, 0.2) is 12.1 Å². The third-order valence-corrected chi connectivity index (χ3v) is 4.10. The maximum Gasteiger partial charge on any atom is 0.160 e. The maximum atomic E-state index is 9.92. The quantitative estimate of drug-likeness (QED) is 0.759. The molecule has 0 aliphatic heterocycles. The second-order valence-corrected chi connectivity index (χ2v) is 6.07. The Morgan fingerprint density at radius 2 is 1.75 bits per heavy atom. The molecule has 0 spiro atoms. The van der Waals surface area contributed by atoms with Crippen LogP contribution in [0.25, 0.3) is 0 Å². The van der Waals surface area contributed by atoms with Crippen LogP contribution in [-0.4, -0.2) is 10.2 Å².